The molecule has 0 aliphatic heterocycles. The molecule has 4 unspecified atom stereocenters. The quantitative estimate of drug-likeness (QED) is 0.333. The second-order valence-electron chi connectivity index (χ2n) is 8.02. The van der Waals surface area contributed by atoms with Crippen molar-refractivity contribution in [3.05, 3.63) is 12.2 Å². The molecule has 27 heavy (non-hydrogen) atoms. The van der Waals surface area contributed by atoms with Crippen LogP contribution in [0.25, 0.3) is 0 Å². The maximum Gasteiger partial charge on any atom is 0.239 e. The van der Waals surface area contributed by atoms with E-state index in [0.717, 1.165) is 38.5 Å². The average Bonchev–Trinajstić information content (AvgIpc) is 2.63. The van der Waals surface area contributed by atoms with Gasteiger partial charge in [-0.15, -0.1) is 0 Å². The summed E-state index contributed by atoms with van der Waals surface area (Å²) in [6.45, 7) is 14.5. The Bertz CT molecular complexity index is 476. The van der Waals surface area contributed by atoms with Crippen molar-refractivity contribution in [3.8, 4) is 0 Å². The standard InChI is InChI=1S/C22H40N2O3/c1-7-9-10-18(5)20(12-17(4)11-16(3)8-2)13-21(26)23-14-22(27)24-19(6)15-25/h15-16,18-20H,4,7-14H2,1-3,5-6H3,(H,23,26)(H,24,27). The zero-order chi connectivity index (χ0) is 20.8. The van der Waals surface area contributed by atoms with Crippen molar-refractivity contribution in [2.24, 2.45) is 17.8 Å². The Morgan fingerprint density at radius 2 is 1.70 bits per heavy atom. The molecule has 0 aliphatic rings. The van der Waals surface area contributed by atoms with Crippen LogP contribution >= 0.6 is 0 Å². The molecule has 4 atom stereocenters. The van der Waals surface area contributed by atoms with Gasteiger partial charge in [0.15, 0.2) is 0 Å². The predicted octanol–water partition coefficient (Wildman–Crippen LogP) is 4.02. The number of unbranched alkanes of at least 4 members (excludes halogenated alkanes) is 1. The summed E-state index contributed by atoms with van der Waals surface area (Å²) in [5, 5.41) is 5.20. The first-order valence-electron chi connectivity index (χ1n) is 10.4. The predicted molar refractivity (Wildman–Crippen MR) is 111 cm³/mol. The van der Waals surface area contributed by atoms with Gasteiger partial charge < -0.3 is 15.4 Å². The Hall–Kier alpha value is -1.65. The molecule has 5 heteroatoms. The summed E-state index contributed by atoms with van der Waals surface area (Å²) in [6.07, 6.45) is 7.45. The van der Waals surface area contributed by atoms with Gasteiger partial charge in [-0.3, -0.25) is 9.59 Å². The summed E-state index contributed by atoms with van der Waals surface area (Å²) in [6, 6.07) is -0.542. The average molecular weight is 381 g/mol. The van der Waals surface area contributed by atoms with Gasteiger partial charge in [-0.1, -0.05) is 65.5 Å². The lowest BCUT2D eigenvalue weighted by Crippen LogP contribution is -2.41. The summed E-state index contributed by atoms with van der Waals surface area (Å²) < 4.78 is 0. The molecule has 2 amide bonds. The summed E-state index contributed by atoms with van der Waals surface area (Å²) in [4.78, 5) is 34.6. The number of aldehydes is 1. The molecule has 0 rings (SSSR count). The highest BCUT2D eigenvalue weighted by Gasteiger charge is 2.22. The number of hydrogen-bond donors (Lipinski definition) is 2. The minimum atomic E-state index is -0.542. The zero-order valence-corrected chi connectivity index (χ0v) is 18.0. The molecule has 0 fully saturated rings. The molecule has 0 aromatic carbocycles. The van der Waals surface area contributed by atoms with Crippen molar-refractivity contribution in [3.63, 3.8) is 0 Å². The molecular formula is C22H40N2O3. The van der Waals surface area contributed by atoms with Gasteiger partial charge in [0, 0.05) is 6.42 Å². The maximum absolute atomic E-state index is 12.4. The van der Waals surface area contributed by atoms with Gasteiger partial charge >= 0.3 is 0 Å². The molecule has 2 N–H and O–H groups in total. The molecular weight excluding hydrogens is 340 g/mol. The van der Waals surface area contributed by atoms with Crippen LogP contribution < -0.4 is 10.6 Å². The van der Waals surface area contributed by atoms with E-state index < -0.39 is 6.04 Å². The van der Waals surface area contributed by atoms with Crippen molar-refractivity contribution in [1.82, 2.24) is 10.6 Å². The largest absolute Gasteiger partial charge is 0.347 e. The van der Waals surface area contributed by atoms with Crippen molar-refractivity contribution < 1.29 is 14.4 Å². The van der Waals surface area contributed by atoms with E-state index in [1.807, 2.05) is 0 Å². The molecule has 0 aliphatic carbocycles. The monoisotopic (exact) mass is 380 g/mol. The van der Waals surface area contributed by atoms with Gasteiger partial charge in [-0.2, -0.15) is 0 Å². The molecule has 0 saturated carbocycles. The number of carbonyl (C=O) groups excluding carboxylic acids is 3. The first kappa shape index (κ1) is 25.4. The van der Waals surface area contributed by atoms with Crippen molar-refractivity contribution in [2.75, 3.05) is 6.54 Å². The highest BCUT2D eigenvalue weighted by Crippen LogP contribution is 2.29. The highest BCUT2D eigenvalue weighted by atomic mass is 16.2. The fraction of sp³-hybridized carbons (Fsp3) is 0.773. The summed E-state index contributed by atoms with van der Waals surface area (Å²) >= 11 is 0. The second-order valence-corrected chi connectivity index (χ2v) is 8.02. The Morgan fingerprint density at radius 3 is 2.26 bits per heavy atom. The van der Waals surface area contributed by atoms with Gasteiger partial charge in [0.05, 0.1) is 12.6 Å². The van der Waals surface area contributed by atoms with E-state index in [-0.39, 0.29) is 24.3 Å². The van der Waals surface area contributed by atoms with Crippen LogP contribution in [0.4, 0.5) is 0 Å². The summed E-state index contributed by atoms with van der Waals surface area (Å²) in [5.74, 6) is 0.827. The molecule has 0 aromatic rings. The third-order valence-electron chi connectivity index (χ3n) is 5.19. The number of carbonyl (C=O) groups is 3. The van der Waals surface area contributed by atoms with Crippen LogP contribution in [0.3, 0.4) is 0 Å². The fourth-order valence-corrected chi connectivity index (χ4v) is 3.16. The normalized spacial score (nSPS) is 15.3. The molecule has 0 saturated heterocycles. The van der Waals surface area contributed by atoms with E-state index in [1.54, 1.807) is 6.92 Å². The van der Waals surface area contributed by atoms with E-state index in [4.69, 9.17) is 0 Å². The minimum absolute atomic E-state index is 0.0963. The van der Waals surface area contributed by atoms with Crippen molar-refractivity contribution >= 4 is 18.1 Å². The smallest absolute Gasteiger partial charge is 0.239 e. The summed E-state index contributed by atoms with van der Waals surface area (Å²) in [7, 11) is 0. The molecule has 0 aromatic heterocycles. The fourth-order valence-electron chi connectivity index (χ4n) is 3.16. The van der Waals surface area contributed by atoms with Crippen LogP contribution in [0.5, 0.6) is 0 Å². The number of hydrogen-bond acceptors (Lipinski definition) is 3. The maximum atomic E-state index is 12.4. The van der Waals surface area contributed by atoms with Crippen LogP contribution in [0, 0.1) is 17.8 Å². The van der Waals surface area contributed by atoms with E-state index in [2.05, 4.69) is 44.9 Å². The first-order valence-corrected chi connectivity index (χ1v) is 10.4. The first-order chi connectivity index (χ1) is 12.7. The number of allylic oxidation sites excluding steroid dienone is 1. The Labute approximate surface area is 165 Å². The zero-order valence-electron chi connectivity index (χ0n) is 18.0. The van der Waals surface area contributed by atoms with Crippen LogP contribution in [0.15, 0.2) is 12.2 Å². The van der Waals surface area contributed by atoms with Crippen LogP contribution in [0.1, 0.15) is 79.6 Å². The lowest BCUT2D eigenvalue weighted by molar-refractivity contribution is -0.127. The lowest BCUT2D eigenvalue weighted by Gasteiger charge is -2.25. The highest BCUT2D eigenvalue weighted by molar-refractivity contribution is 5.86. The van der Waals surface area contributed by atoms with E-state index in [9.17, 15) is 14.4 Å². The molecule has 0 spiro atoms. The van der Waals surface area contributed by atoms with E-state index >= 15 is 0 Å². The number of nitrogens with one attached hydrogen (secondary N) is 2. The Balaban J connectivity index is 4.67. The van der Waals surface area contributed by atoms with Gasteiger partial charge in [0.2, 0.25) is 11.8 Å². The van der Waals surface area contributed by atoms with Gasteiger partial charge in [-0.25, -0.2) is 0 Å². The van der Waals surface area contributed by atoms with Gasteiger partial charge in [0.1, 0.15) is 6.29 Å². The molecule has 0 bridgehead atoms. The number of amides is 2. The van der Waals surface area contributed by atoms with Gasteiger partial charge in [0.25, 0.3) is 0 Å². The lowest BCUT2D eigenvalue weighted by atomic mass is 9.81. The third kappa shape index (κ3) is 12.4. The van der Waals surface area contributed by atoms with Crippen LogP contribution in [-0.4, -0.2) is 30.7 Å². The molecule has 0 radical (unpaired) electrons. The third-order valence-corrected chi connectivity index (χ3v) is 5.19. The second kappa shape index (κ2) is 14.4. The molecule has 5 nitrogen and oxygen atoms in total. The summed E-state index contributed by atoms with van der Waals surface area (Å²) in [5.41, 5.74) is 1.21. The topological polar surface area (TPSA) is 75.3 Å². The molecule has 0 heterocycles. The van der Waals surface area contributed by atoms with Gasteiger partial charge in [-0.05, 0) is 37.5 Å². The minimum Gasteiger partial charge on any atom is -0.347 e. The van der Waals surface area contributed by atoms with Crippen LogP contribution in [-0.2, 0) is 14.4 Å². The SMILES string of the molecule is C=C(CC(C)CC)CC(CC(=O)NCC(=O)NC(C)C=O)C(C)CCCC. The Morgan fingerprint density at radius 1 is 1.04 bits per heavy atom. The number of rotatable bonds is 15. The molecule has 156 valence electrons. The van der Waals surface area contributed by atoms with Crippen molar-refractivity contribution in [1.29, 1.82) is 0 Å². The van der Waals surface area contributed by atoms with Crippen LogP contribution in [0.2, 0.25) is 0 Å². The van der Waals surface area contributed by atoms with E-state index in [0.29, 0.717) is 24.5 Å². The Kier molecular flexibility index (Phi) is 13.5. The van der Waals surface area contributed by atoms with E-state index in [1.165, 1.54) is 5.57 Å². The van der Waals surface area contributed by atoms with Crippen molar-refractivity contribution in [2.45, 2.75) is 85.6 Å².